The topological polar surface area (TPSA) is 48.7 Å². The number of hydrogen-bond donors (Lipinski definition) is 1. The molecule has 2 aliphatic heterocycles. The Labute approximate surface area is 114 Å². The molecule has 1 aromatic heterocycles. The summed E-state index contributed by atoms with van der Waals surface area (Å²) in [6, 6.07) is 4.75. The van der Waals surface area contributed by atoms with Crippen molar-refractivity contribution in [3.8, 4) is 6.07 Å². The molecule has 90 valence electrons. The first-order chi connectivity index (χ1) is 8.72. The quantitative estimate of drug-likeness (QED) is 0.868. The lowest BCUT2D eigenvalue weighted by Gasteiger charge is -2.26. The molecule has 3 heterocycles. The van der Waals surface area contributed by atoms with Gasteiger partial charge in [-0.3, -0.25) is 4.98 Å². The molecule has 1 aliphatic carbocycles. The van der Waals surface area contributed by atoms with Crippen molar-refractivity contribution in [2.45, 2.75) is 24.3 Å². The van der Waals surface area contributed by atoms with Gasteiger partial charge in [-0.15, -0.1) is 0 Å². The number of halogens is 1. The lowest BCUT2D eigenvalue weighted by molar-refractivity contribution is 0.473. The van der Waals surface area contributed by atoms with Gasteiger partial charge in [-0.1, -0.05) is 12.2 Å². The van der Waals surface area contributed by atoms with Crippen molar-refractivity contribution in [1.82, 2.24) is 10.3 Å². The smallest absolute Gasteiger partial charge is 0.0900 e. The molecule has 4 heteroatoms. The molecule has 0 spiro atoms. The highest BCUT2D eigenvalue weighted by molar-refractivity contribution is 9.10. The third-order valence-electron chi connectivity index (χ3n) is 3.57. The number of rotatable bonds is 1. The second-order valence-corrected chi connectivity index (χ2v) is 5.73. The SMILES string of the molecule is N#C[C@]1(c2cncc(Br)c2)CC2=CN[C@H](C=C2)C1. The summed E-state index contributed by atoms with van der Waals surface area (Å²) in [7, 11) is 0. The molecule has 0 saturated carbocycles. The molecule has 2 atom stereocenters. The first kappa shape index (κ1) is 11.5. The molecule has 4 rings (SSSR count). The van der Waals surface area contributed by atoms with Crippen LogP contribution in [0.2, 0.25) is 0 Å². The Hall–Kier alpha value is -1.60. The fourth-order valence-electron chi connectivity index (χ4n) is 2.63. The van der Waals surface area contributed by atoms with Crippen molar-refractivity contribution >= 4 is 15.9 Å². The van der Waals surface area contributed by atoms with E-state index in [0.29, 0.717) is 0 Å². The predicted octanol–water partition coefficient (Wildman–Crippen LogP) is 2.81. The summed E-state index contributed by atoms with van der Waals surface area (Å²) in [5.74, 6) is 0. The van der Waals surface area contributed by atoms with Crippen LogP contribution < -0.4 is 5.32 Å². The summed E-state index contributed by atoms with van der Waals surface area (Å²) >= 11 is 3.43. The molecule has 1 aromatic rings. The van der Waals surface area contributed by atoms with Gasteiger partial charge in [0.15, 0.2) is 0 Å². The highest BCUT2D eigenvalue weighted by atomic mass is 79.9. The van der Waals surface area contributed by atoms with E-state index in [4.69, 9.17) is 0 Å². The van der Waals surface area contributed by atoms with E-state index in [1.165, 1.54) is 5.57 Å². The molecule has 0 saturated heterocycles. The molecular weight excluding hydrogens is 290 g/mol. The van der Waals surface area contributed by atoms with Crippen LogP contribution in [0.3, 0.4) is 0 Å². The van der Waals surface area contributed by atoms with E-state index < -0.39 is 5.41 Å². The zero-order valence-electron chi connectivity index (χ0n) is 9.73. The van der Waals surface area contributed by atoms with Crippen LogP contribution in [-0.2, 0) is 5.41 Å². The van der Waals surface area contributed by atoms with Gasteiger partial charge in [0.05, 0.1) is 11.5 Å². The number of nitriles is 1. The number of nitrogens with zero attached hydrogens (tertiary/aromatic N) is 2. The van der Waals surface area contributed by atoms with Crippen LogP contribution in [0.1, 0.15) is 18.4 Å². The van der Waals surface area contributed by atoms with Gasteiger partial charge in [-0.25, -0.2) is 0 Å². The zero-order valence-corrected chi connectivity index (χ0v) is 11.3. The minimum Gasteiger partial charge on any atom is -0.384 e. The molecule has 2 bridgehead atoms. The molecule has 3 nitrogen and oxygen atoms in total. The maximum Gasteiger partial charge on any atom is 0.0900 e. The zero-order chi connectivity index (χ0) is 12.6. The average molecular weight is 302 g/mol. The number of hydrogen-bond acceptors (Lipinski definition) is 3. The minimum absolute atomic E-state index is 0.231. The van der Waals surface area contributed by atoms with E-state index in [0.717, 1.165) is 22.9 Å². The fourth-order valence-corrected chi connectivity index (χ4v) is 3.00. The summed E-state index contributed by atoms with van der Waals surface area (Å²) in [6.07, 6.45) is 11.3. The molecule has 0 aromatic carbocycles. The average Bonchev–Trinajstić information content (AvgIpc) is 2.69. The van der Waals surface area contributed by atoms with Gasteiger partial charge in [0.1, 0.15) is 0 Å². The Morgan fingerprint density at radius 3 is 3.06 bits per heavy atom. The summed E-state index contributed by atoms with van der Waals surface area (Å²) in [5.41, 5.74) is 1.67. The summed E-state index contributed by atoms with van der Waals surface area (Å²) < 4.78 is 0.918. The number of aromatic nitrogens is 1. The van der Waals surface area contributed by atoms with E-state index in [1.807, 2.05) is 12.3 Å². The number of fused-ring (bicyclic) bond motifs is 3. The molecule has 0 fully saturated rings. The van der Waals surface area contributed by atoms with Crippen molar-refractivity contribution in [3.05, 3.63) is 52.4 Å². The van der Waals surface area contributed by atoms with Crippen LogP contribution >= 0.6 is 15.9 Å². The fraction of sp³-hybridized carbons (Fsp3) is 0.286. The number of allylic oxidation sites excluding steroid dienone is 2. The van der Waals surface area contributed by atoms with E-state index >= 15 is 0 Å². The monoisotopic (exact) mass is 301 g/mol. The van der Waals surface area contributed by atoms with Crippen molar-refractivity contribution < 1.29 is 0 Å². The van der Waals surface area contributed by atoms with Crippen LogP contribution in [0.5, 0.6) is 0 Å². The molecule has 3 aliphatic rings. The van der Waals surface area contributed by atoms with Crippen LogP contribution in [0, 0.1) is 11.3 Å². The van der Waals surface area contributed by atoms with Crippen molar-refractivity contribution in [2.75, 3.05) is 0 Å². The van der Waals surface area contributed by atoms with Crippen LogP contribution in [-0.4, -0.2) is 11.0 Å². The van der Waals surface area contributed by atoms with E-state index in [1.54, 1.807) is 12.4 Å². The standard InChI is InChI=1S/C14H12BrN3/c15-12-3-11(7-17-8-12)14(9-16)4-10-1-2-13(5-14)18-6-10/h1-3,6-8,13,18H,4-5H2/t13-,14+/m1/s1. The van der Waals surface area contributed by atoms with E-state index in [9.17, 15) is 5.26 Å². The Morgan fingerprint density at radius 2 is 2.39 bits per heavy atom. The van der Waals surface area contributed by atoms with Gasteiger partial charge in [-0.2, -0.15) is 5.26 Å². The summed E-state index contributed by atoms with van der Waals surface area (Å²) in [4.78, 5) is 4.20. The first-order valence-corrected chi connectivity index (χ1v) is 6.67. The van der Waals surface area contributed by atoms with Crippen molar-refractivity contribution in [2.24, 2.45) is 0 Å². The normalized spacial score (nSPS) is 29.1. The lowest BCUT2D eigenvalue weighted by Crippen LogP contribution is -2.31. The van der Waals surface area contributed by atoms with Gasteiger partial charge in [0, 0.05) is 29.1 Å². The maximum absolute atomic E-state index is 9.70. The molecule has 0 unspecified atom stereocenters. The van der Waals surface area contributed by atoms with Crippen LogP contribution in [0.15, 0.2) is 46.9 Å². The highest BCUT2D eigenvalue weighted by Crippen LogP contribution is 2.39. The Bertz CT molecular complexity index is 585. The van der Waals surface area contributed by atoms with E-state index in [2.05, 4.69) is 44.5 Å². The van der Waals surface area contributed by atoms with Gasteiger partial charge in [-0.05, 0) is 46.0 Å². The van der Waals surface area contributed by atoms with Gasteiger partial charge < -0.3 is 5.32 Å². The van der Waals surface area contributed by atoms with Gasteiger partial charge in [0.2, 0.25) is 0 Å². The summed E-state index contributed by atoms with van der Waals surface area (Å²) in [5, 5.41) is 13.0. The maximum atomic E-state index is 9.70. The minimum atomic E-state index is -0.486. The Balaban J connectivity index is 2.07. The second kappa shape index (κ2) is 4.25. The molecule has 0 amide bonds. The lowest BCUT2D eigenvalue weighted by atomic mass is 9.75. The van der Waals surface area contributed by atoms with Crippen LogP contribution in [0.4, 0.5) is 0 Å². The molecular formula is C14H12BrN3. The number of nitrogens with one attached hydrogen (secondary N) is 1. The van der Waals surface area contributed by atoms with Crippen molar-refractivity contribution in [1.29, 1.82) is 5.26 Å². The van der Waals surface area contributed by atoms with Crippen LogP contribution in [0.25, 0.3) is 0 Å². The van der Waals surface area contributed by atoms with Crippen molar-refractivity contribution in [3.63, 3.8) is 0 Å². The molecule has 18 heavy (non-hydrogen) atoms. The predicted molar refractivity (Wildman–Crippen MR) is 72.6 cm³/mol. The first-order valence-electron chi connectivity index (χ1n) is 5.87. The Morgan fingerprint density at radius 1 is 1.50 bits per heavy atom. The third kappa shape index (κ3) is 1.85. The number of dihydropyridines is 1. The molecule has 1 N–H and O–H groups in total. The van der Waals surface area contributed by atoms with Gasteiger partial charge >= 0.3 is 0 Å². The van der Waals surface area contributed by atoms with E-state index in [-0.39, 0.29) is 6.04 Å². The third-order valence-corrected chi connectivity index (χ3v) is 4.00. The Kier molecular flexibility index (Phi) is 2.71. The highest BCUT2D eigenvalue weighted by Gasteiger charge is 2.38. The van der Waals surface area contributed by atoms with Gasteiger partial charge in [0.25, 0.3) is 0 Å². The largest absolute Gasteiger partial charge is 0.384 e. The second-order valence-electron chi connectivity index (χ2n) is 4.82. The summed E-state index contributed by atoms with van der Waals surface area (Å²) in [6.45, 7) is 0. The molecule has 0 radical (unpaired) electrons. The number of pyridine rings is 1.